The van der Waals surface area contributed by atoms with Crippen LogP contribution in [-0.2, 0) is 14.6 Å². The van der Waals surface area contributed by atoms with E-state index in [0.717, 1.165) is 38.2 Å². The third-order valence-corrected chi connectivity index (χ3v) is 6.52. The minimum atomic E-state index is -3.60. The highest BCUT2D eigenvalue weighted by Crippen LogP contribution is 2.28. The van der Waals surface area contributed by atoms with Crippen molar-refractivity contribution in [2.24, 2.45) is 0 Å². The summed E-state index contributed by atoms with van der Waals surface area (Å²) in [6.07, 6.45) is 1.40. The smallest absolute Gasteiger partial charge is 0.208 e. The molecule has 0 saturated carbocycles. The van der Waals surface area contributed by atoms with Crippen LogP contribution < -0.4 is 4.74 Å². The molecule has 28 heavy (non-hydrogen) atoms. The Morgan fingerprint density at radius 2 is 1.79 bits per heavy atom. The van der Waals surface area contributed by atoms with Gasteiger partial charge in [0.1, 0.15) is 17.9 Å². The number of nitrogens with zero attached hydrogens (tertiary/aromatic N) is 2. The van der Waals surface area contributed by atoms with Gasteiger partial charge in [0.25, 0.3) is 0 Å². The number of rotatable bonds is 6. The van der Waals surface area contributed by atoms with Crippen LogP contribution in [0.2, 0.25) is 0 Å². The van der Waals surface area contributed by atoms with Gasteiger partial charge in [0.15, 0.2) is 0 Å². The van der Waals surface area contributed by atoms with Gasteiger partial charge in [-0.3, -0.25) is 9.88 Å². The summed E-state index contributed by atoms with van der Waals surface area (Å²) in [5.41, 5.74) is 0.663. The van der Waals surface area contributed by atoms with Gasteiger partial charge < -0.3 is 9.47 Å². The van der Waals surface area contributed by atoms with Crippen molar-refractivity contribution in [2.45, 2.75) is 9.79 Å². The average molecular weight is 398 g/mol. The largest absolute Gasteiger partial charge is 0.490 e. The molecule has 1 saturated heterocycles. The number of hydrogen-bond acceptors (Lipinski definition) is 6. The quantitative estimate of drug-likeness (QED) is 0.636. The van der Waals surface area contributed by atoms with Gasteiger partial charge in [-0.15, -0.1) is 0 Å². The Labute approximate surface area is 164 Å². The van der Waals surface area contributed by atoms with Crippen LogP contribution in [0.1, 0.15) is 0 Å². The number of hydrogen-bond donors (Lipinski definition) is 0. The van der Waals surface area contributed by atoms with Gasteiger partial charge >= 0.3 is 0 Å². The predicted molar refractivity (Wildman–Crippen MR) is 106 cm³/mol. The first-order chi connectivity index (χ1) is 13.6. The van der Waals surface area contributed by atoms with E-state index < -0.39 is 9.84 Å². The minimum absolute atomic E-state index is 0.177. The molecule has 4 rings (SSSR count). The average Bonchev–Trinajstić information content (AvgIpc) is 2.75. The lowest BCUT2D eigenvalue weighted by Crippen LogP contribution is -2.38. The minimum Gasteiger partial charge on any atom is -0.490 e. The molecule has 1 aliphatic heterocycles. The molecule has 0 unspecified atom stereocenters. The van der Waals surface area contributed by atoms with Gasteiger partial charge in [0.2, 0.25) is 9.84 Å². The summed E-state index contributed by atoms with van der Waals surface area (Å²) in [6, 6.07) is 15.6. The van der Waals surface area contributed by atoms with Crippen molar-refractivity contribution >= 4 is 20.7 Å². The van der Waals surface area contributed by atoms with E-state index in [1.165, 1.54) is 6.20 Å². The van der Waals surface area contributed by atoms with E-state index in [1.807, 2.05) is 18.2 Å². The fourth-order valence-corrected chi connectivity index (χ4v) is 4.48. The summed E-state index contributed by atoms with van der Waals surface area (Å²) in [4.78, 5) is 7.13. The first-order valence-electron chi connectivity index (χ1n) is 9.26. The molecule has 1 aliphatic rings. The van der Waals surface area contributed by atoms with Crippen molar-refractivity contribution in [3.63, 3.8) is 0 Å². The number of ether oxygens (including phenoxy) is 2. The Bertz CT molecular complexity index is 1050. The highest BCUT2D eigenvalue weighted by molar-refractivity contribution is 7.91. The number of sulfone groups is 1. The Morgan fingerprint density at radius 1 is 1.00 bits per heavy atom. The summed E-state index contributed by atoms with van der Waals surface area (Å²) < 4.78 is 36.9. The van der Waals surface area contributed by atoms with E-state index in [-0.39, 0.29) is 9.79 Å². The van der Waals surface area contributed by atoms with Gasteiger partial charge in [0.05, 0.1) is 23.0 Å². The molecule has 0 amide bonds. The van der Waals surface area contributed by atoms with E-state index >= 15 is 0 Å². The molecular formula is C21H22N2O4S. The van der Waals surface area contributed by atoms with Crippen molar-refractivity contribution in [1.29, 1.82) is 0 Å². The molecule has 1 aromatic heterocycles. The van der Waals surface area contributed by atoms with Crippen molar-refractivity contribution in [2.75, 3.05) is 39.5 Å². The lowest BCUT2D eigenvalue weighted by molar-refractivity contribution is 0.0323. The molecule has 0 aliphatic carbocycles. The van der Waals surface area contributed by atoms with E-state index in [4.69, 9.17) is 9.47 Å². The standard InChI is InChI=1S/C21H22N2O4S/c24-28(25,18-6-2-1-3-7-18)19-15-17-5-4-8-20(21(17)22-16-19)27-14-11-23-9-12-26-13-10-23/h1-8,15-16H,9-14H2. The maximum atomic E-state index is 12.8. The molecule has 0 N–H and O–H groups in total. The number of fused-ring (bicyclic) bond motifs is 1. The number of aromatic nitrogens is 1. The van der Waals surface area contributed by atoms with Gasteiger partial charge in [0, 0.05) is 31.2 Å². The second-order valence-corrected chi connectivity index (χ2v) is 8.57. The number of para-hydroxylation sites is 1. The fourth-order valence-electron chi connectivity index (χ4n) is 3.22. The van der Waals surface area contributed by atoms with Gasteiger partial charge in [-0.05, 0) is 24.3 Å². The Kier molecular flexibility index (Phi) is 5.57. The first kappa shape index (κ1) is 18.9. The highest BCUT2D eigenvalue weighted by atomic mass is 32.2. The van der Waals surface area contributed by atoms with Crippen molar-refractivity contribution in [1.82, 2.24) is 9.88 Å². The molecule has 0 atom stereocenters. The zero-order valence-corrected chi connectivity index (χ0v) is 16.3. The lowest BCUT2D eigenvalue weighted by atomic mass is 10.2. The summed E-state index contributed by atoms with van der Waals surface area (Å²) in [5, 5.41) is 0.737. The predicted octanol–water partition coefficient (Wildman–Crippen LogP) is 2.78. The van der Waals surface area contributed by atoms with Crippen molar-refractivity contribution in [3.05, 3.63) is 60.8 Å². The molecular weight excluding hydrogens is 376 g/mol. The SMILES string of the molecule is O=S(=O)(c1ccccc1)c1cnc2c(OCCN3CCOCC3)cccc2c1. The van der Waals surface area contributed by atoms with Crippen molar-refractivity contribution < 1.29 is 17.9 Å². The van der Waals surface area contributed by atoms with E-state index in [9.17, 15) is 8.42 Å². The van der Waals surface area contributed by atoms with Crippen LogP contribution in [-0.4, -0.2) is 57.8 Å². The second kappa shape index (κ2) is 8.26. The Balaban J connectivity index is 1.54. The molecule has 2 heterocycles. The zero-order chi connectivity index (χ0) is 19.4. The van der Waals surface area contributed by atoms with E-state index in [1.54, 1.807) is 36.4 Å². The monoisotopic (exact) mass is 398 g/mol. The first-order valence-corrected chi connectivity index (χ1v) is 10.7. The van der Waals surface area contributed by atoms with Gasteiger partial charge in [-0.2, -0.15) is 0 Å². The fraction of sp³-hybridized carbons (Fsp3) is 0.286. The van der Waals surface area contributed by atoms with Crippen LogP contribution in [0.4, 0.5) is 0 Å². The Hall–Kier alpha value is -2.48. The van der Waals surface area contributed by atoms with E-state index in [0.29, 0.717) is 17.9 Å². The zero-order valence-electron chi connectivity index (χ0n) is 15.5. The van der Waals surface area contributed by atoms with Gasteiger partial charge in [-0.1, -0.05) is 30.3 Å². The van der Waals surface area contributed by atoms with Crippen LogP contribution in [0.5, 0.6) is 5.75 Å². The maximum Gasteiger partial charge on any atom is 0.208 e. The topological polar surface area (TPSA) is 68.7 Å². The molecule has 2 aromatic carbocycles. The number of benzene rings is 2. The van der Waals surface area contributed by atoms with E-state index in [2.05, 4.69) is 9.88 Å². The lowest BCUT2D eigenvalue weighted by Gasteiger charge is -2.26. The normalized spacial score (nSPS) is 15.6. The van der Waals surface area contributed by atoms with Crippen LogP contribution in [0.3, 0.4) is 0 Å². The summed E-state index contributed by atoms with van der Waals surface area (Å²) in [6.45, 7) is 4.71. The molecule has 6 nitrogen and oxygen atoms in total. The maximum absolute atomic E-state index is 12.8. The molecule has 3 aromatic rings. The number of morpholine rings is 1. The molecule has 1 fully saturated rings. The second-order valence-electron chi connectivity index (χ2n) is 6.62. The summed E-state index contributed by atoms with van der Waals surface area (Å²) >= 11 is 0. The third kappa shape index (κ3) is 4.01. The van der Waals surface area contributed by atoms with Crippen LogP contribution >= 0.6 is 0 Å². The Morgan fingerprint density at radius 3 is 2.57 bits per heavy atom. The van der Waals surface area contributed by atoms with Crippen molar-refractivity contribution in [3.8, 4) is 5.75 Å². The van der Waals surface area contributed by atoms with Crippen LogP contribution in [0, 0.1) is 0 Å². The number of pyridine rings is 1. The van der Waals surface area contributed by atoms with Crippen LogP contribution in [0.15, 0.2) is 70.6 Å². The summed E-state index contributed by atoms with van der Waals surface area (Å²) in [7, 11) is -3.60. The highest BCUT2D eigenvalue weighted by Gasteiger charge is 2.19. The van der Waals surface area contributed by atoms with Crippen LogP contribution in [0.25, 0.3) is 10.9 Å². The molecule has 0 radical (unpaired) electrons. The molecule has 146 valence electrons. The molecule has 7 heteroatoms. The molecule has 0 spiro atoms. The molecule has 0 bridgehead atoms. The van der Waals surface area contributed by atoms with Gasteiger partial charge in [-0.25, -0.2) is 8.42 Å². The third-order valence-electron chi connectivity index (χ3n) is 4.78. The summed E-state index contributed by atoms with van der Waals surface area (Å²) in [5.74, 6) is 0.661.